The zero-order chi connectivity index (χ0) is 11.8. The summed E-state index contributed by atoms with van der Waals surface area (Å²) in [6.45, 7) is 8.44. The number of hydrogen-bond acceptors (Lipinski definition) is 3. The van der Waals surface area contributed by atoms with Crippen molar-refractivity contribution < 1.29 is 13.2 Å². The van der Waals surface area contributed by atoms with E-state index >= 15 is 0 Å². The van der Waals surface area contributed by atoms with Crippen molar-refractivity contribution in [1.82, 2.24) is 4.72 Å². The molecule has 0 radical (unpaired) electrons. The summed E-state index contributed by atoms with van der Waals surface area (Å²) >= 11 is 0. The van der Waals surface area contributed by atoms with E-state index in [1.807, 2.05) is 0 Å². The Morgan fingerprint density at radius 2 is 1.43 bits per heavy atom. The molecule has 0 aromatic rings. The molecule has 0 amide bonds. The average molecular weight is 221 g/mol. The topological polar surface area (TPSA) is 63.2 Å². The number of rotatable bonds is 3. The molecule has 0 bridgehead atoms. The first-order valence-electron chi connectivity index (χ1n) is 4.40. The monoisotopic (exact) mass is 221 g/mol. The van der Waals surface area contributed by atoms with E-state index in [-0.39, 0.29) is 5.78 Å². The molecule has 5 heteroatoms. The number of hydrogen-bond donors (Lipinski definition) is 1. The van der Waals surface area contributed by atoms with Crippen LogP contribution in [0.3, 0.4) is 0 Å². The van der Waals surface area contributed by atoms with Gasteiger partial charge in [-0.3, -0.25) is 4.79 Å². The third-order valence-corrected chi connectivity index (χ3v) is 2.57. The van der Waals surface area contributed by atoms with E-state index in [1.54, 1.807) is 34.6 Å². The van der Waals surface area contributed by atoms with Crippen molar-refractivity contribution in [3.8, 4) is 0 Å². The number of sulfonamides is 1. The molecular weight excluding hydrogens is 202 g/mol. The highest BCUT2D eigenvalue weighted by molar-refractivity contribution is 7.88. The predicted molar refractivity (Wildman–Crippen MR) is 56.5 cm³/mol. The minimum atomic E-state index is -3.36. The minimum Gasteiger partial charge on any atom is -0.297 e. The van der Waals surface area contributed by atoms with Crippen LogP contribution in [-0.4, -0.2) is 26.0 Å². The summed E-state index contributed by atoms with van der Waals surface area (Å²) in [5.41, 5.74) is -1.60. The van der Waals surface area contributed by atoms with E-state index in [0.29, 0.717) is 0 Å². The van der Waals surface area contributed by atoms with Gasteiger partial charge in [-0.05, 0) is 13.8 Å². The highest BCUT2D eigenvalue weighted by atomic mass is 32.2. The number of nitrogens with one attached hydrogen (secondary N) is 1. The number of carbonyl (C=O) groups is 1. The third-order valence-electron chi connectivity index (χ3n) is 1.69. The second kappa shape index (κ2) is 3.62. The molecule has 0 aliphatic rings. The van der Waals surface area contributed by atoms with Crippen LogP contribution in [0, 0.1) is 5.41 Å². The Bertz CT molecular complexity index is 322. The first-order valence-corrected chi connectivity index (χ1v) is 6.29. The Labute approximate surface area is 86.1 Å². The van der Waals surface area contributed by atoms with Crippen LogP contribution in [0.15, 0.2) is 0 Å². The molecule has 1 N–H and O–H groups in total. The van der Waals surface area contributed by atoms with E-state index in [4.69, 9.17) is 0 Å². The first kappa shape index (κ1) is 13.6. The smallest absolute Gasteiger partial charge is 0.209 e. The van der Waals surface area contributed by atoms with Gasteiger partial charge in [0.2, 0.25) is 10.0 Å². The van der Waals surface area contributed by atoms with Crippen LogP contribution >= 0.6 is 0 Å². The molecule has 0 rings (SSSR count). The molecule has 0 saturated carbocycles. The fourth-order valence-electron chi connectivity index (χ4n) is 1.45. The molecule has 0 aromatic heterocycles. The lowest BCUT2D eigenvalue weighted by Gasteiger charge is -2.30. The molecule has 0 aliphatic carbocycles. The predicted octanol–water partition coefficient (Wildman–Crippen LogP) is 0.929. The van der Waals surface area contributed by atoms with Crippen molar-refractivity contribution in [1.29, 1.82) is 0 Å². The normalized spacial score (nSPS) is 14.1. The fourth-order valence-corrected chi connectivity index (χ4v) is 2.47. The fraction of sp³-hybridized carbons (Fsp3) is 0.889. The Kier molecular flexibility index (Phi) is 3.51. The Morgan fingerprint density at radius 3 is 1.64 bits per heavy atom. The lowest BCUT2D eigenvalue weighted by atomic mass is 9.81. The SMILES string of the molecule is CC(C)(C)C(=O)C(C)(C)NS(C)(=O)=O. The first-order chi connectivity index (χ1) is 5.86. The van der Waals surface area contributed by atoms with Crippen LogP contribution in [0.5, 0.6) is 0 Å². The van der Waals surface area contributed by atoms with Crippen molar-refractivity contribution in [2.75, 3.05) is 6.26 Å². The van der Waals surface area contributed by atoms with Crippen molar-refractivity contribution >= 4 is 15.8 Å². The van der Waals surface area contributed by atoms with E-state index in [9.17, 15) is 13.2 Å². The van der Waals surface area contributed by atoms with Gasteiger partial charge in [-0.1, -0.05) is 20.8 Å². The lowest BCUT2D eigenvalue weighted by molar-refractivity contribution is -0.131. The van der Waals surface area contributed by atoms with Gasteiger partial charge < -0.3 is 0 Å². The summed E-state index contributed by atoms with van der Waals surface area (Å²) < 4.78 is 24.4. The van der Waals surface area contributed by atoms with Gasteiger partial charge in [0.15, 0.2) is 5.78 Å². The van der Waals surface area contributed by atoms with Crippen LogP contribution < -0.4 is 4.72 Å². The van der Waals surface area contributed by atoms with Crippen LogP contribution in [0.25, 0.3) is 0 Å². The van der Waals surface area contributed by atoms with Gasteiger partial charge in [-0.25, -0.2) is 13.1 Å². The molecule has 0 aliphatic heterocycles. The molecule has 0 unspecified atom stereocenters. The van der Waals surface area contributed by atoms with E-state index in [1.165, 1.54) is 0 Å². The maximum atomic E-state index is 11.8. The van der Waals surface area contributed by atoms with E-state index < -0.39 is 21.0 Å². The average Bonchev–Trinajstić information content (AvgIpc) is 1.78. The Morgan fingerprint density at radius 1 is 1.07 bits per heavy atom. The maximum absolute atomic E-state index is 11.8. The summed E-state index contributed by atoms with van der Waals surface area (Å²) in [5.74, 6) is -0.129. The highest BCUT2D eigenvalue weighted by Crippen LogP contribution is 2.22. The summed E-state index contributed by atoms with van der Waals surface area (Å²) in [7, 11) is -3.36. The Balaban J connectivity index is 4.91. The standard InChI is InChI=1S/C9H19NO3S/c1-8(2,3)7(11)9(4,5)10-14(6,12)13/h10H,1-6H3. The number of carbonyl (C=O) groups excluding carboxylic acids is 1. The molecule has 0 saturated heterocycles. The van der Waals surface area contributed by atoms with Crippen molar-refractivity contribution in [2.45, 2.75) is 40.2 Å². The molecular formula is C9H19NO3S. The van der Waals surface area contributed by atoms with Crippen LogP contribution in [-0.2, 0) is 14.8 Å². The van der Waals surface area contributed by atoms with Crippen molar-refractivity contribution in [3.05, 3.63) is 0 Å². The molecule has 0 heterocycles. The van der Waals surface area contributed by atoms with Gasteiger partial charge in [0, 0.05) is 5.41 Å². The van der Waals surface area contributed by atoms with Gasteiger partial charge >= 0.3 is 0 Å². The van der Waals surface area contributed by atoms with Crippen molar-refractivity contribution in [3.63, 3.8) is 0 Å². The molecule has 0 fully saturated rings. The van der Waals surface area contributed by atoms with Gasteiger partial charge in [-0.15, -0.1) is 0 Å². The largest absolute Gasteiger partial charge is 0.297 e. The summed E-state index contributed by atoms with van der Waals surface area (Å²) in [6, 6.07) is 0. The van der Waals surface area contributed by atoms with E-state index in [0.717, 1.165) is 6.26 Å². The van der Waals surface area contributed by atoms with Crippen LogP contribution in [0.2, 0.25) is 0 Å². The number of ketones is 1. The van der Waals surface area contributed by atoms with Crippen molar-refractivity contribution in [2.24, 2.45) is 5.41 Å². The lowest BCUT2D eigenvalue weighted by Crippen LogP contribution is -2.53. The van der Waals surface area contributed by atoms with Crippen LogP contribution in [0.1, 0.15) is 34.6 Å². The molecule has 0 aromatic carbocycles. The summed E-state index contributed by atoms with van der Waals surface area (Å²) in [5, 5.41) is 0. The molecule has 0 atom stereocenters. The Hall–Kier alpha value is -0.420. The van der Waals surface area contributed by atoms with Gasteiger partial charge in [-0.2, -0.15) is 0 Å². The van der Waals surface area contributed by atoms with Crippen LogP contribution in [0.4, 0.5) is 0 Å². The maximum Gasteiger partial charge on any atom is 0.209 e. The van der Waals surface area contributed by atoms with E-state index in [2.05, 4.69) is 4.72 Å². The molecule has 0 spiro atoms. The highest BCUT2D eigenvalue weighted by Gasteiger charge is 2.37. The second-order valence-electron chi connectivity index (χ2n) is 5.08. The zero-order valence-corrected chi connectivity index (χ0v) is 10.4. The molecule has 4 nitrogen and oxygen atoms in total. The minimum absolute atomic E-state index is 0.129. The quantitative estimate of drug-likeness (QED) is 0.771. The summed E-state index contributed by atoms with van der Waals surface area (Å²) in [6.07, 6.45) is 1.05. The second-order valence-corrected chi connectivity index (χ2v) is 6.83. The van der Waals surface area contributed by atoms with Gasteiger partial charge in [0.05, 0.1) is 11.8 Å². The summed E-state index contributed by atoms with van der Waals surface area (Å²) in [4.78, 5) is 11.8. The molecule has 14 heavy (non-hydrogen) atoms. The van der Waals surface area contributed by atoms with Gasteiger partial charge in [0.25, 0.3) is 0 Å². The zero-order valence-electron chi connectivity index (χ0n) is 9.63. The number of Topliss-reactive ketones (excluding diaryl/α,β-unsaturated/α-hetero) is 1. The molecule has 84 valence electrons. The third kappa shape index (κ3) is 4.19. The van der Waals surface area contributed by atoms with Gasteiger partial charge in [0.1, 0.15) is 0 Å².